The van der Waals surface area contributed by atoms with Crippen LogP contribution < -0.4 is 9.80 Å². The highest BCUT2D eigenvalue weighted by molar-refractivity contribution is 7.99. The van der Waals surface area contributed by atoms with Crippen LogP contribution in [-0.2, 0) is 0 Å². The van der Waals surface area contributed by atoms with Crippen molar-refractivity contribution in [3.8, 4) is 55.6 Å². The third-order valence-electron chi connectivity index (χ3n) is 15.5. The van der Waals surface area contributed by atoms with Gasteiger partial charge >= 0.3 is 0 Å². The molecule has 0 saturated heterocycles. The monoisotopic (exact) mass is 1030 g/mol. The molecule has 0 saturated carbocycles. The summed E-state index contributed by atoms with van der Waals surface area (Å²) < 4.78 is 23.9. The van der Waals surface area contributed by atoms with E-state index in [2.05, 4.69) is 199 Å². The van der Waals surface area contributed by atoms with Crippen molar-refractivity contribution < 1.29 is 8.81 Å². The van der Waals surface area contributed by atoms with Gasteiger partial charge in [0, 0.05) is 54.1 Å². The number of anilines is 6. The molecule has 372 valence electrons. The van der Waals surface area contributed by atoms with Gasteiger partial charge in [0.15, 0.2) is 5.58 Å². The van der Waals surface area contributed by atoms with Crippen molar-refractivity contribution in [1.82, 2.24) is 0 Å². The average Bonchev–Trinajstić information content (AvgIpc) is 4.08. The third-order valence-corrected chi connectivity index (χ3v) is 16.6. The van der Waals surface area contributed by atoms with E-state index in [1.165, 1.54) is 42.5 Å². The molecular weight excluding hydrogens is 984 g/mol. The SMILES string of the molecule is Fc1cc(-c2ccccc2)cc(-c2ccccc2)c1N(c1ccccc1)c1ccc(-c2ccc3c(c2)Sc2cccc4c2c-3cc2ccc(N(c3ccccc3-c3ccccc3)c3cccc5c3oc3ccccc35)cc24)cc1. The van der Waals surface area contributed by atoms with Gasteiger partial charge in [0.25, 0.3) is 0 Å². The lowest BCUT2D eigenvalue weighted by atomic mass is 9.91. The number of nitrogens with zero attached hydrogens (tertiary/aromatic N) is 2. The molecule has 0 spiro atoms. The topological polar surface area (TPSA) is 19.6 Å². The summed E-state index contributed by atoms with van der Waals surface area (Å²) in [7, 11) is 0. The highest BCUT2D eigenvalue weighted by Gasteiger charge is 2.27. The van der Waals surface area contributed by atoms with Gasteiger partial charge in [-0.15, -0.1) is 0 Å². The second kappa shape index (κ2) is 19.3. The van der Waals surface area contributed by atoms with Crippen LogP contribution in [0.1, 0.15) is 0 Å². The number of hydrogen-bond donors (Lipinski definition) is 0. The maximum atomic E-state index is 17.2. The average molecular weight is 1030 g/mol. The van der Waals surface area contributed by atoms with Crippen LogP contribution in [0.4, 0.5) is 38.5 Å². The zero-order chi connectivity index (χ0) is 52.4. The van der Waals surface area contributed by atoms with Crippen LogP contribution >= 0.6 is 11.8 Å². The normalized spacial score (nSPS) is 11.8. The molecule has 0 amide bonds. The number of furan rings is 1. The number of benzene rings is 13. The summed E-state index contributed by atoms with van der Waals surface area (Å²) in [5.74, 6) is -0.299. The van der Waals surface area contributed by atoms with Gasteiger partial charge < -0.3 is 14.2 Å². The molecule has 15 rings (SSSR count). The zero-order valence-electron chi connectivity index (χ0n) is 42.7. The Kier molecular flexibility index (Phi) is 11.3. The molecule has 1 aliphatic heterocycles. The molecule has 5 heteroatoms. The number of rotatable bonds is 10. The van der Waals surface area contributed by atoms with Gasteiger partial charge in [-0.25, -0.2) is 4.39 Å². The van der Waals surface area contributed by atoms with E-state index in [0.717, 1.165) is 94.9 Å². The quantitative estimate of drug-likeness (QED) is 0.127. The fraction of sp³-hybridized carbons (Fsp3) is 0. The fourth-order valence-corrected chi connectivity index (χ4v) is 13.0. The van der Waals surface area contributed by atoms with Crippen molar-refractivity contribution >= 4 is 89.4 Å². The second-order valence-corrected chi connectivity index (χ2v) is 21.2. The molecule has 79 heavy (non-hydrogen) atoms. The second-order valence-electron chi connectivity index (χ2n) is 20.1. The van der Waals surface area contributed by atoms with Crippen LogP contribution in [0, 0.1) is 5.82 Å². The van der Waals surface area contributed by atoms with Crippen molar-refractivity contribution in [1.29, 1.82) is 0 Å². The van der Waals surface area contributed by atoms with Crippen molar-refractivity contribution in [2.45, 2.75) is 9.79 Å². The Hall–Kier alpha value is -9.94. The Bertz CT molecular complexity index is 4640. The Morgan fingerprint density at radius 3 is 1.70 bits per heavy atom. The van der Waals surface area contributed by atoms with Crippen LogP contribution in [0.25, 0.3) is 99.1 Å². The summed E-state index contributed by atoms with van der Waals surface area (Å²) in [5, 5.41) is 7.01. The van der Waals surface area contributed by atoms with Crippen LogP contribution in [0.3, 0.4) is 0 Å². The van der Waals surface area contributed by atoms with Gasteiger partial charge in [-0.05, 0) is 146 Å². The number of para-hydroxylation sites is 4. The van der Waals surface area contributed by atoms with E-state index in [1.807, 2.05) is 102 Å². The van der Waals surface area contributed by atoms with Gasteiger partial charge in [0.05, 0.1) is 17.1 Å². The highest BCUT2D eigenvalue weighted by atomic mass is 32.2. The summed E-state index contributed by atoms with van der Waals surface area (Å²) in [6, 6.07) is 99.6. The lowest BCUT2D eigenvalue weighted by Crippen LogP contribution is -2.13. The predicted molar refractivity (Wildman–Crippen MR) is 329 cm³/mol. The summed E-state index contributed by atoms with van der Waals surface area (Å²) in [6.45, 7) is 0. The maximum absolute atomic E-state index is 17.2. The van der Waals surface area contributed by atoms with Crippen molar-refractivity contribution in [3.63, 3.8) is 0 Å². The van der Waals surface area contributed by atoms with Crippen molar-refractivity contribution in [3.05, 3.63) is 291 Å². The molecule has 0 fully saturated rings. The minimum absolute atomic E-state index is 0.299. The van der Waals surface area contributed by atoms with Gasteiger partial charge in [-0.1, -0.05) is 212 Å². The smallest absolute Gasteiger partial charge is 0.159 e. The minimum Gasteiger partial charge on any atom is -0.454 e. The van der Waals surface area contributed by atoms with E-state index in [1.54, 1.807) is 6.07 Å². The predicted octanol–water partition coefficient (Wildman–Crippen LogP) is 21.8. The molecule has 0 atom stereocenters. The van der Waals surface area contributed by atoms with Crippen LogP contribution in [0.2, 0.25) is 0 Å². The fourth-order valence-electron chi connectivity index (χ4n) is 11.8. The first kappa shape index (κ1) is 46.4. The van der Waals surface area contributed by atoms with Gasteiger partial charge in [-0.3, -0.25) is 0 Å². The summed E-state index contributed by atoms with van der Waals surface area (Å²) in [6.07, 6.45) is 0. The first-order chi connectivity index (χ1) is 39.1. The van der Waals surface area contributed by atoms with E-state index in [9.17, 15) is 0 Å². The number of halogens is 1. The molecule has 1 aromatic heterocycles. The standard InChI is InChI=1S/C74H47FN2OS/c75-66-45-54(48-19-5-1-6-20-48)44-64(51-23-9-3-10-24-51)73(66)76(55-25-11-4-12-26-55)56-39-35-49(36-40-56)52-38-42-60-65-43-53-37-41-57(47-63(53)61-29-18-34-70(72(61)65)79-71(60)46-52)77(67-31-15-13-27-58(67)50-21-7-2-8-22-50)68-32-17-30-62-59-28-14-16-33-69(59)78-74(62)68/h1-47H. The number of fused-ring (bicyclic) bond motifs is 7. The maximum Gasteiger partial charge on any atom is 0.159 e. The van der Waals surface area contributed by atoms with E-state index in [4.69, 9.17) is 4.42 Å². The third kappa shape index (κ3) is 8.05. The molecule has 0 N–H and O–H groups in total. The lowest BCUT2D eigenvalue weighted by molar-refractivity contribution is 0.630. The summed E-state index contributed by atoms with van der Waals surface area (Å²) >= 11 is 1.83. The molecule has 0 aliphatic carbocycles. The van der Waals surface area contributed by atoms with Crippen LogP contribution in [0.15, 0.2) is 299 Å². The van der Waals surface area contributed by atoms with E-state index < -0.39 is 0 Å². The molecule has 3 nitrogen and oxygen atoms in total. The van der Waals surface area contributed by atoms with E-state index in [-0.39, 0.29) is 5.82 Å². The molecule has 0 bridgehead atoms. The Morgan fingerprint density at radius 1 is 0.316 bits per heavy atom. The summed E-state index contributed by atoms with van der Waals surface area (Å²) in [4.78, 5) is 6.86. The molecule has 0 radical (unpaired) electrons. The Labute approximate surface area is 461 Å². The molecule has 13 aromatic carbocycles. The van der Waals surface area contributed by atoms with Crippen molar-refractivity contribution in [2.75, 3.05) is 9.80 Å². The minimum atomic E-state index is -0.299. The van der Waals surface area contributed by atoms with Crippen LogP contribution in [0.5, 0.6) is 0 Å². The zero-order valence-corrected chi connectivity index (χ0v) is 43.5. The molecule has 2 heterocycles. The summed E-state index contributed by atoms with van der Waals surface area (Å²) in [5.41, 5.74) is 17.5. The van der Waals surface area contributed by atoms with E-state index in [0.29, 0.717) is 5.69 Å². The number of hydrogen-bond acceptors (Lipinski definition) is 4. The lowest BCUT2D eigenvalue weighted by Gasteiger charge is -2.29. The first-order valence-electron chi connectivity index (χ1n) is 26.7. The molecule has 0 unspecified atom stereocenters. The largest absolute Gasteiger partial charge is 0.454 e. The van der Waals surface area contributed by atoms with Gasteiger partial charge in [-0.2, -0.15) is 0 Å². The highest BCUT2D eigenvalue weighted by Crippen LogP contribution is 2.53. The van der Waals surface area contributed by atoms with Crippen LogP contribution in [-0.4, -0.2) is 0 Å². The molecule has 1 aliphatic rings. The Balaban J connectivity index is 0.819. The van der Waals surface area contributed by atoms with Gasteiger partial charge in [0.1, 0.15) is 11.4 Å². The molecule has 14 aromatic rings. The van der Waals surface area contributed by atoms with E-state index >= 15 is 4.39 Å². The Morgan fingerprint density at radius 2 is 0.911 bits per heavy atom. The van der Waals surface area contributed by atoms with Gasteiger partial charge in [0.2, 0.25) is 0 Å². The first-order valence-corrected chi connectivity index (χ1v) is 27.5. The molecular formula is C74H47FN2OS. The van der Waals surface area contributed by atoms with Crippen molar-refractivity contribution in [2.24, 2.45) is 0 Å².